The number of unbranched alkanes of at least 4 members (excludes halogenated alkanes) is 1. The quantitative estimate of drug-likeness (QED) is 0.704. The van der Waals surface area contributed by atoms with Gasteiger partial charge in [0.15, 0.2) is 0 Å². The molecule has 12 heavy (non-hydrogen) atoms. The molecule has 1 heterocycles. The average molecular weight is 222 g/mol. The highest BCUT2D eigenvalue weighted by molar-refractivity contribution is 8.33. The van der Waals surface area contributed by atoms with Gasteiger partial charge < -0.3 is 0 Å². The second kappa shape index (κ2) is 5.71. The standard InChI is InChI=1S/C9H18S3/c1-3-4-6-9(10-2)11-7-5-8-12-9/h3-8H2,1-2H3. The van der Waals surface area contributed by atoms with Gasteiger partial charge in [-0.25, -0.2) is 0 Å². The maximum atomic E-state index is 2.28. The lowest BCUT2D eigenvalue weighted by Gasteiger charge is -2.34. The van der Waals surface area contributed by atoms with Gasteiger partial charge in [-0.05, 0) is 30.6 Å². The number of hydrogen-bond acceptors (Lipinski definition) is 3. The van der Waals surface area contributed by atoms with E-state index in [0.29, 0.717) is 3.41 Å². The second-order valence-corrected chi connectivity index (χ2v) is 7.71. The van der Waals surface area contributed by atoms with Crippen LogP contribution in [0.3, 0.4) is 0 Å². The maximum Gasteiger partial charge on any atom is 0.106 e. The summed E-state index contributed by atoms with van der Waals surface area (Å²) >= 11 is 6.41. The van der Waals surface area contributed by atoms with Gasteiger partial charge in [0.2, 0.25) is 0 Å². The molecule has 3 heteroatoms. The molecule has 1 aliphatic heterocycles. The van der Waals surface area contributed by atoms with E-state index in [-0.39, 0.29) is 0 Å². The fraction of sp³-hybridized carbons (Fsp3) is 1.00. The average Bonchev–Trinajstić information content (AvgIpc) is 2.16. The van der Waals surface area contributed by atoms with Crippen molar-refractivity contribution in [2.45, 2.75) is 36.0 Å². The van der Waals surface area contributed by atoms with Crippen molar-refractivity contribution in [2.24, 2.45) is 0 Å². The summed E-state index contributed by atoms with van der Waals surface area (Å²) in [5, 5.41) is 0. The summed E-state index contributed by atoms with van der Waals surface area (Å²) in [4.78, 5) is 0. The van der Waals surface area contributed by atoms with Crippen LogP contribution in [0.15, 0.2) is 0 Å². The van der Waals surface area contributed by atoms with Crippen molar-refractivity contribution in [3.05, 3.63) is 0 Å². The molecule has 0 nitrogen and oxygen atoms in total. The predicted octanol–water partition coefficient (Wildman–Crippen LogP) is 4.06. The summed E-state index contributed by atoms with van der Waals surface area (Å²) < 4.78 is 0.522. The van der Waals surface area contributed by atoms with Crippen LogP contribution in [-0.4, -0.2) is 21.2 Å². The van der Waals surface area contributed by atoms with Crippen LogP contribution in [0.4, 0.5) is 0 Å². The van der Waals surface area contributed by atoms with E-state index >= 15 is 0 Å². The Morgan fingerprint density at radius 1 is 1.33 bits per heavy atom. The minimum absolute atomic E-state index is 0.522. The van der Waals surface area contributed by atoms with E-state index in [0.717, 1.165) is 0 Å². The van der Waals surface area contributed by atoms with Crippen LogP contribution in [0.1, 0.15) is 32.6 Å². The Labute approximate surface area is 89.0 Å². The van der Waals surface area contributed by atoms with Crippen LogP contribution < -0.4 is 0 Å². The van der Waals surface area contributed by atoms with Crippen LogP contribution in [-0.2, 0) is 0 Å². The zero-order valence-corrected chi connectivity index (χ0v) is 10.4. The van der Waals surface area contributed by atoms with Crippen molar-refractivity contribution in [1.82, 2.24) is 0 Å². The van der Waals surface area contributed by atoms with E-state index in [2.05, 4.69) is 48.5 Å². The monoisotopic (exact) mass is 222 g/mol. The summed E-state index contributed by atoms with van der Waals surface area (Å²) in [6, 6.07) is 0. The Balaban J connectivity index is 2.37. The topological polar surface area (TPSA) is 0 Å². The Bertz CT molecular complexity index is 119. The van der Waals surface area contributed by atoms with Crippen molar-refractivity contribution in [1.29, 1.82) is 0 Å². The van der Waals surface area contributed by atoms with Crippen molar-refractivity contribution in [3.8, 4) is 0 Å². The van der Waals surface area contributed by atoms with Crippen molar-refractivity contribution in [2.75, 3.05) is 17.8 Å². The van der Waals surface area contributed by atoms with E-state index < -0.39 is 0 Å². The SMILES string of the molecule is CCCCC1(SC)SCCCS1. The molecule has 0 saturated carbocycles. The smallest absolute Gasteiger partial charge is 0.106 e. The van der Waals surface area contributed by atoms with Crippen LogP contribution in [0.25, 0.3) is 0 Å². The first kappa shape index (κ1) is 11.1. The summed E-state index contributed by atoms with van der Waals surface area (Å²) in [6.45, 7) is 2.28. The van der Waals surface area contributed by atoms with Crippen LogP contribution in [0.2, 0.25) is 0 Å². The van der Waals surface area contributed by atoms with Crippen molar-refractivity contribution < 1.29 is 0 Å². The molecule has 0 bridgehead atoms. The molecule has 72 valence electrons. The normalized spacial score (nSPS) is 22.5. The van der Waals surface area contributed by atoms with Gasteiger partial charge in [0, 0.05) is 0 Å². The highest BCUT2D eigenvalue weighted by Gasteiger charge is 2.31. The first-order valence-electron chi connectivity index (χ1n) is 4.66. The maximum absolute atomic E-state index is 2.28. The van der Waals surface area contributed by atoms with E-state index in [4.69, 9.17) is 0 Å². The second-order valence-electron chi connectivity index (χ2n) is 3.04. The Morgan fingerprint density at radius 2 is 2.00 bits per heavy atom. The first-order valence-corrected chi connectivity index (χ1v) is 7.85. The summed E-state index contributed by atoms with van der Waals surface area (Å²) in [6.07, 6.45) is 7.79. The Morgan fingerprint density at radius 3 is 2.50 bits per heavy atom. The third-order valence-corrected chi connectivity index (χ3v) is 7.59. The van der Waals surface area contributed by atoms with Crippen molar-refractivity contribution in [3.63, 3.8) is 0 Å². The predicted molar refractivity (Wildman–Crippen MR) is 65.3 cm³/mol. The molecule has 0 N–H and O–H groups in total. The van der Waals surface area contributed by atoms with Gasteiger partial charge in [-0.1, -0.05) is 19.8 Å². The van der Waals surface area contributed by atoms with Crippen molar-refractivity contribution >= 4 is 35.3 Å². The van der Waals surface area contributed by atoms with Crippen LogP contribution in [0, 0.1) is 0 Å². The molecule has 1 fully saturated rings. The molecule has 0 spiro atoms. The van der Waals surface area contributed by atoms with Gasteiger partial charge in [-0.2, -0.15) is 0 Å². The highest BCUT2D eigenvalue weighted by atomic mass is 32.3. The molecule has 1 aliphatic rings. The molecule has 0 amide bonds. The minimum Gasteiger partial charge on any atom is -0.137 e. The molecular weight excluding hydrogens is 204 g/mol. The highest BCUT2D eigenvalue weighted by Crippen LogP contribution is 2.52. The van der Waals surface area contributed by atoms with E-state index in [9.17, 15) is 0 Å². The van der Waals surface area contributed by atoms with Crippen LogP contribution >= 0.6 is 35.3 Å². The zero-order valence-electron chi connectivity index (χ0n) is 7.97. The minimum atomic E-state index is 0.522. The van der Waals surface area contributed by atoms with E-state index in [1.807, 2.05) is 0 Å². The summed E-state index contributed by atoms with van der Waals surface area (Å²) in [5.74, 6) is 2.75. The van der Waals surface area contributed by atoms with E-state index in [1.165, 1.54) is 37.2 Å². The third-order valence-electron chi connectivity index (χ3n) is 2.08. The molecule has 0 unspecified atom stereocenters. The summed E-state index contributed by atoms with van der Waals surface area (Å²) in [5.41, 5.74) is 0. The fourth-order valence-electron chi connectivity index (χ4n) is 1.31. The van der Waals surface area contributed by atoms with Gasteiger partial charge in [0.1, 0.15) is 3.41 Å². The van der Waals surface area contributed by atoms with Gasteiger partial charge in [-0.15, -0.1) is 35.3 Å². The Kier molecular flexibility index (Phi) is 5.30. The molecule has 1 rings (SSSR count). The zero-order chi connectivity index (χ0) is 8.86. The molecule has 0 atom stereocenters. The van der Waals surface area contributed by atoms with Gasteiger partial charge in [0.25, 0.3) is 0 Å². The molecule has 0 aromatic heterocycles. The van der Waals surface area contributed by atoms with Gasteiger partial charge in [-0.3, -0.25) is 0 Å². The van der Waals surface area contributed by atoms with Gasteiger partial charge in [0.05, 0.1) is 0 Å². The lowest BCUT2D eigenvalue weighted by molar-refractivity contribution is 0.743. The van der Waals surface area contributed by atoms with Crippen LogP contribution in [0.5, 0.6) is 0 Å². The lowest BCUT2D eigenvalue weighted by atomic mass is 10.3. The molecule has 1 saturated heterocycles. The molecular formula is C9H18S3. The number of rotatable bonds is 4. The van der Waals surface area contributed by atoms with Gasteiger partial charge >= 0.3 is 0 Å². The number of hydrogen-bond donors (Lipinski definition) is 0. The molecule has 0 aromatic carbocycles. The first-order chi connectivity index (χ1) is 5.83. The number of thioether (sulfide) groups is 3. The third kappa shape index (κ3) is 3.08. The van der Waals surface area contributed by atoms with E-state index in [1.54, 1.807) is 0 Å². The molecule has 0 aliphatic carbocycles. The lowest BCUT2D eigenvalue weighted by Crippen LogP contribution is -2.20. The molecule has 0 radical (unpaired) electrons. The fourth-order valence-corrected chi connectivity index (χ4v) is 5.90. The molecule has 0 aromatic rings. The summed E-state index contributed by atoms with van der Waals surface area (Å²) in [7, 11) is 0. The largest absolute Gasteiger partial charge is 0.137 e. The Hall–Kier alpha value is 1.05.